The topological polar surface area (TPSA) is 26.3 Å². The average molecular weight is 236 g/mol. The standard InChI is InChI=1S/C15H13BO2/c1-18-14(17)15(6-7-15)12-4-2-11-9-13(16)5-3-10(11)8-12/h2-5,8-9H,6-7H2,1H3. The molecular weight excluding hydrogens is 223 g/mol. The molecule has 3 heteroatoms. The Kier molecular flexibility index (Phi) is 2.44. The third kappa shape index (κ3) is 1.62. The zero-order valence-electron chi connectivity index (χ0n) is 10.3. The van der Waals surface area contributed by atoms with Crippen molar-refractivity contribution in [2.24, 2.45) is 0 Å². The Hall–Kier alpha value is -1.77. The van der Waals surface area contributed by atoms with Crippen LogP contribution in [0.15, 0.2) is 36.4 Å². The highest BCUT2D eigenvalue weighted by atomic mass is 16.5. The minimum Gasteiger partial charge on any atom is -0.468 e. The number of methoxy groups -OCH3 is 1. The van der Waals surface area contributed by atoms with Crippen molar-refractivity contribution in [3.05, 3.63) is 42.0 Å². The number of hydrogen-bond donors (Lipinski definition) is 0. The summed E-state index contributed by atoms with van der Waals surface area (Å²) < 4.78 is 4.90. The van der Waals surface area contributed by atoms with Crippen LogP contribution in [0.1, 0.15) is 18.4 Å². The van der Waals surface area contributed by atoms with Crippen molar-refractivity contribution in [1.29, 1.82) is 0 Å². The molecule has 1 aliphatic carbocycles. The Bertz CT molecular complexity index is 629. The SMILES string of the molecule is [B]c1ccc2cc(C3(C(=O)OC)CC3)ccc2c1. The van der Waals surface area contributed by atoms with Crippen LogP contribution in [0.4, 0.5) is 0 Å². The van der Waals surface area contributed by atoms with Crippen molar-refractivity contribution < 1.29 is 9.53 Å². The van der Waals surface area contributed by atoms with E-state index in [-0.39, 0.29) is 5.97 Å². The van der Waals surface area contributed by atoms with Crippen LogP contribution in [0, 0.1) is 0 Å². The zero-order chi connectivity index (χ0) is 12.8. The molecule has 2 aromatic carbocycles. The minimum absolute atomic E-state index is 0.128. The predicted molar refractivity (Wildman–Crippen MR) is 72.3 cm³/mol. The number of hydrogen-bond acceptors (Lipinski definition) is 2. The van der Waals surface area contributed by atoms with Crippen LogP contribution in [0.25, 0.3) is 10.8 Å². The van der Waals surface area contributed by atoms with Gasteiger partial charge in [0.05, 0.1) is 12.5 Å². The lowest BCUT2D eigenvalue weighted by Gasteiger charge is -2.13. The van der Waals surface area contributed by atoms with Gasteiger partial charge in [-0.05, 0) is 29.2 Å². The first-order valence-electron chi connectivity index (χ1n) is 6.04. The van der Waals surface area contributed by atoms with Crippen molar-refractivity contribution in [3.8, 4) is 0 Å². The van der Waals surface area contributed by atoms with Crippen LogP contribution in [0.3, 0.4) is 0 Å². The van der Waals surface area contributed by atoms with E-state index in [0.29, 0.717) is 0 Å². The Morgan fingerprint density at radius 2 is 1.83 bits per heavy atom. The summed E-state index contributed by atoms with van der Waals surface area (Å²) in [6.45, 7) is 0. The molecule has 2 aromatic rings. The van der Waals surface area contributed by atoms with E-state index in [4.69, 9.17) is 12.6 Å². The van der Waals surface area contributed by atoms with Gasteiger partial charge in [0.25, 0.3) is 0 Å². The van der Waals surface area contributed by atoms with Gasteiger partial charge >= 0.3 is 5.97 Å². The second kappa shape index (κ2) is 3.87. The molecule has 0 spiro atoms. The number of carbonyl (C=O) groups is 1. The molecular formula is C15H13BO2. The molecule has 2 nitrogen and oxygen atoms in total. The highest BCUT2D eigenvalue weighted by Gasteiger charge is 2.52. The normalized spacial score (nSPS) is 16.5. The highest BCUT2D eigenvalue weighted by Crippen LogP contribution is 2.49. The predicted octanol–water partition coefficient (Wildman–Crippen LogP) is 1.84. The van der Waals surface area contributed by atoms with Crippen molar-refractivity contribution in [3.63, 3.8) is 0 Å². The molecule has 0 atom stereocenters. The van der Waals surface area contributed by atoms with Gasteiger partial charge in [0, 0.05) is 0 Å². The summed E-state index contributed by atoms with van der Waals surface area (Å²) in [5, 5.41) is 2.20. The molecule has 88 valence electrons. The van der Waals surface area contributed by atoms with Gasteiger partial charge in [-0.1, -0.05) is 41.9 Å². The molecule has 0 aliphatic heterocycles. The summed E-state index contributed by atoms with van der Waals surface area (Å²) in [5.74, 6) is -0.128. The smallest absolute Gasteiger partial charge is 0.316 e. The van der Waals surface area contributed by atoms with E-state index in [9.17, 15) is 4.79 Å². The monoisotopic (exact) mass is 236 g/mol. The Balaban J connectivity index is 2.09. The summed E-state index contributed by atoms with van der Waals surface area (Å²) in [7, 11) is 7.20. The zero-order valence-corrected chi connectivity index (χ0v) is 10.3. The number of rotatable bonds is 2. The maximum absolute atomic E-state index is 11.8. The van der Waals surface area contributed by atoms with E-state index < -0.39 is 5.41 Å². The van der Waals surface area contributed by atoms with E-state index in [0.717, 1.165) is 34.6 Å². The van der Waals surface area contributed by atoms with Crippen molar-refractivity contribution in [1.82, 2.24) is 0 Å². The lowest BCUT2D eigenvalue weighted by atomic mass is 9.90. The van der Waals surface area contributed by atoms with Gasteiger partial charge < -0.3 is 4.74 Å². The van der Waals surface area contributed by atoms with Gasteiger partial charge in [-0.25, -0.2) is 0 Å². The molecule has 1 saturated carbocycles. The van der Waals surface area contributed by atoms with E-state index in [1.165, 1.54) is 7.11 Å². The van der Waals surface area contributed by atoms with E-state index >= 15 is 0 Å². The van der Waals surface area contributed by atoms with Gasteiger partial charge in [0.15, 0.2) is 0 Å². The number of ether oxygens (including phenoxy) is 1. The highest BCUT2D eigenvalue weighted by molar-refractivity contribution is 6.33. The first-order valence-corrected chi connectivity index (χ1v) is 6.04. The first kappa shape index (κ1) is 11.3. The fraction of sp³-hybridized carbons (Fsp3) is 0.267. The van der Waals surface area contributed by atoms with Crippen LogP contribution in [-0.2, 0) is 14.9 Å². The van der Waals surface area contributed by atoms with Gasteiger partial charge in [0.2, 0.25) is 0 Å². The molecule has 18 heavy (non-hydrogen) atoms. The Morgan fingerprint density at radius 1 is 1.17 bits per heavy atom. The average Bonchev–Trinajstić information content (AvgIpc) is 3.18. The fourth-order valence-corrected chi connectivity index (χ4v) is 2.49. The molecule has 0 amide bonds. The maximum Gasteiger partial charge on any atom is 0.316 e. The molecule has 1 fully saturated rings. The van der Waals surface area contributed by atoms with Crippen molar-refractivity contribution in [2.45, 2.75) is 18.3 Å². The summed E-state index contributed by atoms with van der Waals surface area (Å²) in [6.07, 6.45) is 1.75. The van der Waals surface area contributed by atoms with Gasteiger partial charge in [-0.2, -0.15) is 0 Å². The lowest BCUT2D eigenvalue weighted by molar-refractivity contribution is -0.143. The van der Waals surface area contributed by atoms with Crippen LogP contribution >= 0.6 is 0 Å². The van der Waals surface area contributed by atoms with Gasteiger partial charge in [-0.3, -0.25) is 4.79 Å². The van der Waals surface area contributed by atoms with E-state index in [1.807, 2.05) is 30.3 Å². The van der Waals surface area contributed by atoms with Crippen LogP contribution < -0.4 is 5.46 Å². The fourth-order valence-electron chi connectivity index (χ4n) is 2.49. The summed E-state index contributed by atoms with van der Waals surface area (Å²) in [5.41, 5.74) is 1.40. The maximum atomic E-state index is 11.8. The molecule has 0 saturated heterocycles. The van der Waals surface area contributed by atoms with E-state index in [2.05, 4.69) is 6.07 Å². The molecule has 0 aromatic heterocycles. The quantitative estimate of drug-likeness (QED) is 0.587. The molecule has 3 rings (SSSR count). The molecule has 1 aliphatic rings. The Morgan fingerprint density at radius 3 is 2.50 bits per heavy atom. The van der Waals surface area contributed by atoms with Gasteiger partial charge in [0.1, 0.15) is 7.85 Å². The first-order chi connectivity index (χ1) is 8.65. The summed E-state index contributed by atoms with van der Waals surface area (Å²) in [4.78, 5) is 11.8. The number of esters is 1. The second-order valence-corrected chi connectivity index (χ2v) is 4.90. The molecule has 2 radical (unpaired) electrons. The molecule has 0 bridgehead atoms. The third-order valence-corrected chi connectivity index (χ3v) is 3.74. The molecule has 0 N–H and O–H groups in total. The molecule has 0 unspecified atom stereocenters. The number of fused-ring (bicyclic) bond motifs is 1. The largest absolute Gasteiger partial charge is 0.468 e. The number of benzene rings is 2. The summed E-state index contributed by atoms with van der Waals surface area (Å²) in [6, 6.07) is 11.9. The summed E-state index contributed by atoms with van der Waals surface area (Å²) >= 11 is 0. The van der Waals surface area contributed by atoms with E-state index in [1.54, 1.807) is 0 Å². The van der Waals surface area contributed by atoms with Crippen molar-refractivity contribution >= 4 is 30.1 Å². The van der Waals surface area contributed by atoms with Crippen LogP contribution in [-0.4, -0.2) is 20.9 Å². The second-order valence-electron chi connectivity index (χ2n) is 4.90. The van der Waals surface area contributed by atoms with Gasteiger partial charge in [-0.15, -0.1) is 0 Å². The minimum atomic E-state index is -0.398. The number of carbonyl (C=O) groups excluding carboxylic acids is 1. The van der Waals surface area contributed by atoms with Crippen LogP contribution in [0.2, 0.25) is 0 Å². The van der Waals surface area contributed by atoms with Crippen LogP contribution in [0.5, 0.6) is 0 Å². The van der Waals surface area contributed by atoms with Crippen molar-refractivity contribution in [2.75, 3.05) is 7.11 Å². The third-order valence-electron chi connectivity index (χ3n) is 3.74. The molecule has 0 heterocycles. The Labute approximate surface area is 107 Å². The lowest BCUT2D eigenvalue weighted by Crippen LogP contribution is -2.21.